The van der Waals surface area contributed by atoms with Crippen LogP contribution in [0, 0.1) is 6.92 Å². The average Bonchev–Trinajstić information content (AvgIpc) is 2.45. The van der Waals surface area contributed by atoms with Crippen molar-refractivity contribution in [1.82, 2.24) is 0 Å². The van der Waals surface area contributed by atoms with E-state index in [0.717, 1.165) is 16.9 Å². The molecule has 1 amide bonds. The summed E-state index contributed by atoms with van der Waals surface area (Å²) in [5, 5.41) is 0.148. The molecule has 0 radical (unpaired) electrons. The van der Waals surface area contributed by atoms with E-state index < -0.39 is 0 Å². The molecule has 3 nitrogen and oxygen atoms in total. The molecular formula is C11H14N2OS. The van der Waals surface area contributed by atoms with Crippen LogP contribution in [0.1, 0.15) is 12.0 Å². The molecular weight excluding hydrogens is 208 g/mol. The Kier molecular flexibility index (Phi) is 2.61. The van der Waals surface area contributed by atoms with Crippen molar-refractivity contribution >= 4 is 29.9 Å². The molecule has 0 aromatic heterocycles. The van der Waals surface area contributed by atoms with Crippen LogP contribution in [0.3, 0.4) is 0 Å². The van der Waals surface area contributed by atoms with E-state index in [2.05, 4.69) is 12.6 Å². The van der Waals surface area contributed by atoms with Gasteiger partial charge < -0.3 is 10.6 Å². The Morgan fingerprint density at radius 3 is 2.80 bits per heavy atom. The monoisotopic (exact) mass is 222 g/mol. The van der Waals surface area contributed by atoms with Gasteiger partial charge in [0.1, 0.15) is 0 Å². The largest absolute Gasteiger partial charge is 0.399 e. The average molecular weight is 222 g/mol. The summed E-state index contributed by atoms with van der Waals surface area (Å²) in [6.07, 6.45) is 0.521. The second-order valence-corrected chi connectivity index (χ2v) is 4.64. The fourth-order valence-electron chi connectivity index (χ4n) is 1.90. The number of thiol groups is 1. The first-order valence-corrected chi connectivity index (χ1v) is 5.44. The Hall–Kier alpha value is -1.16. The number of benzene rings is 1. The van der Waals surface area contributed by atoms with E-state index in [1.165, 1.54) is 0 Å². The minimum Gasteiger partial charge on any atom is -0.399 e. The Labute approximate surface area is 94.7 Å². The third-order valence-electron chi connectivity index (χ3n) is 2.62. The van der Waals surface area contributed by atoms with Gasteiger partial charge in [0.2, 0.25) is 5.91 Å². The van der Waals surface area contributed by atoms with E-state index in [-0.39, 0.29) is 11.2 Å². The van der Waals surface area contributed by atoms with Crippen LogP contribution in [0.15, 0.2) is 18.2 Å². The van der Waals surface area contributed by atoms with E-state index in [1.54, 1.807) is 4.90 Å². The van der Waals surface area contributed by atoms with Crippen LogP contribution in [0.5, 0.6) is 0 Å². The van der Waals surface area contributed by atoms with Crippen LogP contribution in [0.25, 0.3) is 0 Å². The smallest absolute Gasteiger partial charge is 0.228 e. The van der Waals surface area contributed by atoms with Crippen molar-refractivity contribution in [2.75, 3.05) is 17.2 Å². The summed E-state index contributed by atoms with van der Waals surface area (Å²) in [7, 11) is 0. The molecule has 2 rings (SSSR count). The molecule has 1 aromatic rings. The number of nitrogens with two attached hydrogens (primary N) is 1. The van der Waals surface area contributed by atoms with Gasteiger partial charge in [0.15, 0.2) is 0 Å². The molecule has 15 heavy (non-hydrogen) atoms. The van der Waals surface area contributed by atoms with Gasteiger partial charge in [-0.1, -0.05) is 0 Å². The van der Waals surface area contributed by atoms with Gasteiger partial charge in [0.25, 0.3) is 0 Å². The number of anilines is 2. The Morgan fingerprint density at radius 1 is 1.53 bits per heavy atom. The van der Waals surface area contributed by atoms with Gasteiger partial charge >= 0.3 is 0 Å². The first-order valence-electron chi connectivity index (χ1n) is 4.92. The van der Waals surface area contributed by atoms with Gasteiger partial charge in [0, 0.05) is 29.6 Å². The molecule has 1 atom stereocenters. The van der Waals surface area contributed by atoms with E-state index in [0.29, 0.717) is 13.0 Å². The van der Waals surface area contributed by atoms with Gasteiger partial charge in [-0.2, -0.15) is 12.6 Å². The molecule has 0 spiro atoms. The first kappa shape index (κ1) is 10.4. The number of amides is 1. The fraction of sp³-hybridized carbons (Fsp3) is 0.364. The van der Waals surface area contributed by atoms with Crippen LogP contribution in [0.2, 0.25) is 0 Å². The molecule has 1 unspecified atom stereocenters. The lowest BCUT2D eigenvalue weighted by atomic mass is 10.1. The van der Waals surface area contributed by atoms with Crippen molar-refractivity contribution < 1.29 is 4.79 Å². The van der Waals surface area contributed by atoms with Crippen molar-refractivity contribution in [2.24, 2.45) is 0 Å². The van der Waals surface area contributed by atoms with Crippen molar-refractivity contribution in [2.45, 2.75) is 18.6 Å². The van der Waals surface area contributed by atoms with Gasteiger partial charge in [-0.25, -0.2) is 0 Å². The SMILES string of the molecule is Cc1cc(N)ccc1N1CC(S)CC1=O. The first-order chi connectivity index (χ1) is 7.08. The number of hydrogen-bond donors (Lipinski definition) is 2. The minimum atomic E-state index is 0.142. The molecule has 4 heteroatoms. The van der Waals surface area contributed by atoms with Crippen LogP contribution >= 0.6 is 12.6 Å². The van der Waals surface area contributed by atoms with Crippen LogP contribution < -0.4 is 10.6 Å². The molecule has 1 aromatic carbocycles. The maximum atomic E-state index is 11.7. The number of nitrogens with zero attached hydrogens (tertiary/aromatic N) is 1. The summed E-state index contributed by atoms with van der Waals surface area (Å²) in [6.45, 7) is 2.65. The summed E-state index contributed by atoms with van der Waals surface area (Å²) in [6, 6.07) is 5.60. The second-order valence-electron chi connectivity index (χ2n) is 3.91. The zero-order valence-electron chi connectivity index (χ0n) is 8.60. The van der Waals surface area contributed by atoms with Gasteiger partial charge in [-0.15, -0.1) is 0 Å². The van der Waals surface area contributed by atoms with Crippen molar-refractivity contribution in [3.8, 4) is 0 Å². The van der Waals surface area contributed by atoms with Crippen molar-refractivity contribution in [1.29, 1.82) is 0 Å². The molecule has 0 saturated carbocycles. The predicted octanol–water partition coefficient (Wildman–Crippen LogP) is 1.61. The molecule has 1 aliphatic rings. The highest BCUT2D eigenvalue weighted by atomic mass is 32.1. The number of rotatable bonds is 1. The Bertz CT molecular complexity index is 406. The normalized spacial score (nSPS) is 21.1. The molecule has 80 valence electrons. The summed E-state index contributed by atoms with van der Waals surface area (Å²) >= 11 is 4.33. The minimum absolute atomic E-state index is 0.142. The lowest BCUT2D eigenvalue weighted by Gasteiger charge is -2.18. The van der Waals surface area contributed by atoms with Crippen molar-refractivity contribution in [3.05, 3.63) is 23.8 Å². The van der Waals surface area contributed by atoms with Crippen molar-refractivity contribution in [3.63, 3.8) is 0 Å². The Morgan fingerprint density at radius 2 is 2.27 bits per heavy atom. The number of aryl methyl sites for hydroxylation is 1. The quantitative estimate of drug-likeness (QED) is 0.560. The number of carbonyl (C=O) groups is 1. The van der Waals surface area contributed by atoms with Crippen LogP contribution in [-0.4, -0.2) is 17.7 Å². The topological polar surface area (TPSA) is 46.3 Å². The molecule has 1 saturated heterocycles. The Balaban J connectivity index is 2.34. The van der Waals surface area contributed by atoms with Gasteiger partial charge in [-0.3, -0.25) is 4.79 Å². The fourth-order valence-corrected chi connectivity index (χ4v) is 2.22. The third kappa shape index (κ3) is 1.95. The molecule has 1 fully saturated rings. The highest BCUT2D eigenvalue weighted by Gasteiger charge is 2.28. The molecule has 0 bridgehead atoms. The summed E-state index contributed by atoms with van der Waals surface area (Å²) < 4.78 is 0. The van der Waals surface area contributed by atoms with Crippen LogP contribution in [-0.2, 0) is 4.79 Å². The highest BCUT2D eigenvalue weighted by molar-refractivity contribution is 7.81. The molecule has 1 heterocycles. The van der Waals surface area contributed by atoms with E-state index >= 15 is 0 Å². The van der Waals surface area contributed by atoms with E-state index in [9.17, 15) is 4.79 Å². The number of nitrogen functional groups attached to an aromatic ring is 1. The predicted molar refractivity (Wildman–Crippen MR) is 65.3 cm³/mol. The zero-order valence-corrected chi connectivity index (χ0v) is 9.50. The highest BCUT2D eigenvalue weighted by Crippen LogP contribution is 2.28. The third-order valence-corrected chi connectivity index (χ3v) is 2.96. The second kappa shape index (κ2) is 3.77. The van der Waals surface area contributed by atoms with E-state index in [1.807, 2.05) is 25.1 Å². The molecule has 2 N–H and O–H groups in total. The number of hydrogen-bond acceptors (Lipinski definition) is 3. The summed E-state index contributed by atoms with van der Waals surface area (Å²) in [5.41, 5.74) is 8.38. The standard InChI is InChI=1S/C11H14N2OS/c1-7-4-8(12)2-3-10(7)13-6-9(15)5-11(13)14/h2-4,9,15H,5-6,12H2,1H3. The van der Waals surface area contributed by atoms with Gasteiger partial charge in [-0.05, 0) is 30.7 Å². The summed E-state index contributed by atoms with van der Waals surface area (Å²) in [4.78, 5) is 13.5. The molecule has 0 aliphatic carbocycles. The maximum Gasteiger partial charge on any atom is 0.228 e. The lowest BCUT2D eigenvalue weighted by molar-refractivity contribution is -0.117. The summed E-state index contributed by atoms with van der Waals surface area (Å²) in [5.74, 6) is 0.142. The van der Waals surface area contributed by atoms with Crippen LogP contribution in [0.4, 0.5) is 11.4 Å². The van der Waals surface area contributed by atoms with E-state index in [4.69, 9.17) is 5.73 Å². The maximum absolute atomic E-state index is 11.7. The lowest BCUT2D eigenvalue weighted by Crippen LogP contribution is -2.25. The number of carbonyl (C=O) groups excluding carboxylic acids is 1. The zero-order chi connectivity index (χ0) is 11.0. The molecule has 1 aliphatic heterocycles. The van der Waals surface area contributed by atoms with Gasteiger partial charge in [0.05, 0.1) is 0 Å².